The Morgan fingerprint density at radius 2 is 1.92 bits per heavy atom. The van der Waals surface area contributed by atoms with Crippen LogP contribution in [0.25, 0.3) is 27.8 Å². The molecular weight excluding hydrogens is 359 g/mol. The van der Waals surface area contributed by atoms with Gasteiger partial charge in [0.2, 0.25) is 0 Å². The summed E-state index contributed by atoms with van der Waals surface area (Å²) in [4.78, 5) is 20.7. The van der Waals surface area contributed by atoms with E-state index >= 15 is 0 Å². The molecule has 1 heterocycles. The van der Waals surface area contributed by atoms with Gasteiger partial charge in [0.1, 0.15) is 0 Å². The van der Waals surface area contributed by atoms with Gasteiger partial charge in [0, 0.05) is 17.2 Å². The van der Waals surface area contributed by atoms with Crippen LogP contribution in [0.5, 0.6) is 0 Å². The summed E-state index contributed by atoms with van der Waals surface area (Å²) in [6.07, 6.45) is 1.46. The Labute approximate surface area is 154 Å². The van der Waals surface area contributed by atoms with Crippen molar-refractivity contribution in [3.8, 4) is 11.1 Å². The molecule has 0 spiro atoms. The predicted molar refractivity (Wildman–Crippen MR) is 104 cm³/mol. The lowest BCUT2D eigenvalue weighted by Gasteiger charge is -2.15. The van der Waals surface area contributed by atoms with Crippen LogP contribution in [-0.4, -0.2) is 11.2 Å². The molecule has 25 heavy (non-hydrogen) atoms. The first-order valence-corrected chi connectivity index (χ1v) is 8.24. The van der Waals surface area contributed by atoms with E-state index < -0.39 is 0 Å². The number of nitrogens with one attached hydrogen (secondary N) is 1. The second kappa shape index (κ2) is 7.13. The lowest BCUT2D eigenvalue weighted by atomic mass is 9.95. The van der Waals surface area contributed by atoms with E-state index in [2.05, 4.69) is 16.7 Å². The molecule has 3 rings (SSSR count). The van der Waals surface area contributed by atoms with Gasteiger partial charge in [-0.3, -0.25) is 4.79 Å². The van der Waals surface area contributed by atoms with E-state index in [9.17, 15) is 4.79 Å². The summed E-state index contributed by atoms with van der Waals surface area (Å²) in [6.45, 7) is 5.54. The van der Waals surface area contributed by atoms with Crippen molar-refractivity contribution in [1.29, 1.82) is 0 Å². The first-order chi connectivity index (χ1) is 12.0. The predicted octanol–water partition coefficient (Wildman–Crippen LogP) is 5.49. The fourth-order valence-corrected chi connectivity index (χ4v) is 3.06. The monoisotopic (exact) mass is 372 g/mol. The van der Waals surface area contributed by atoms with Crippen LogP contribution in [0.1, 0.15) is 12.5 Å². The maximum atomic E-state index is 12.7. The van der Waals surface area contributed by atoms with Crippen LogP contribution in [0.3, 0.4) is 0 Å². The first kappa shape index (κ1) is 17.3. The van der Waals surface area contributed by atoms with Gasteiger partial charge in [-0.25, -0.2) is 0 Å². The molecule has 0 fully saturated rings. The first-order valence-electron chi connectivity index (χ1n) is 7.48. The van der Waals surface area contributed by atoms with E-state index in [1.54, 1.807) is 19.1 Å². The molecule has 1 N–H and O–H groups in total. The van der Waals surface area contributed by atoms with E-state index in [0.29, 0.717) is 26.5 Å². The Hall–Kier alpha value is -2.56. The topological polar surface area (TPSA) is 54.4 Å². The van der Waals surface area contributed by atoms with Crippen molar-refractivity contribution in [3.05, 3.63) is 75.0 Å². The molecule has 6 heteroatoms. The average Bonchev–Trinajstić information content (AvgIpc) is 2.62. The van der Waals surface area contributed by atoms with E-state index in [4.69, 9.17) is 28.0 Å². The standard InChI is InChI=1S/C19H14Cl2N2O2/c1-3-22-25-11(2)15-16(12-7-5-4-6-8-12)17-14(23-19(15)24)10-9-13(20)18(17)21/h3-10H,2H2,1H3,(H,23,24)/b22-3+. The number of benzene rings is 2. The number of halogens is 2. The van der Waals surface area contributed by atoms with Crippen molar-refractivity contribution in [1.82, 2.24) is 4.98 Å². The molecule has 0 aliphatic heterocycles. The van der Waals surface area contributed by atoms with Gasteiger partial charge < -0.3 is 9.82 Å². The van der Waals surface area contributed by atoms with Gasteiger partial charge in [-0.05, 0) is 24.6 Å². The summed E-state index contributed by atoms with van der Waals surface area (Å²) < 4.78 is 0. The molecule has 1 aromatic heterocycles. The summed E-state index contributed by atoms with van der Waals surface area (Å²) in [5.41, 5.74) is 1.88. The van der Waals surface area contributed by atoms with Crippen molar-refractivity contribution in [2.45, 2.75) is 6.92 Å². The van der Waals surface area contributed by atoms with Gasteiger partial charge in [0.05, 0.1) is 21.1 Å². The molecule has 0 unspecified atom stereocenters. The molecule has 0 saturated heterocycles. The zero-order chi connectivity index (χ0) is 18.0. The van der Waals surface area contributed by atoms with Crippen LogP contribution < -0.4 is 5.56 Å². The highest BCUT2D eigenvalue weighted by molar-refractivity contribution is 6.46. The third-order valence-corrected chi connectivity index (χ3v) is 4.48. The quantitative estimate of drug-likeness (QED) is 0.373. The maximum absolute atomic E-state index is 12.7. The minimum absolute atomic E-state index is 0.121. The molecule has 0 amide bonds. The lowest BCUT2D eigenvalue weighted by molar-refractivity contribution is 0.301. The maximum Gasteiger partial charge on any atom is 0.260 e. The third-order valence-electron chi connectivity index (χ3n) is 3.68. The van der Waals surface area contributed by atoms with E-state index in [1.165, 1.54) is 6.21 Å². The Kier molecular flexibility index (Phi) is 4.93. The summed E-state index contributed by atoms with van der Waals surface area (Å²) in [6, 6.07) is 12.8. The van der Waals surface area contributed by atoms with Crippen LogP contribution in [0.2, 0.25) is 10.0 Å². The number of nitrogens with zero attached hydrogens (tertiary/aromatic N) is 1. The van der Waals surface area contributed by atoms with Crippen LogP contribution in [0.4, 0.5) is 0 Å². The Bertz CT molecular complexity index is 1040. The lowest BCUT2D eigenvalue weighted by Crippen LogP contribution is -2.14. The number of aromatic amines is 1. The number of aromatic nitrogens is 1. The molecule has 0 bridgehead atoms. The highest BCUT2D eigenvalue weighted by atomic mass is 35.5. The largest absolute Gasteiger partial charge is 0.357 e. The number of H-pyrrole nitrogens is 1. The van der Waals surface area contributed by atoms with Gasteiger partial charge in [0.15, 0.2) is 5.76 Å². The molecule has 2 aromatic carbocycles. The van der Waals surface area contributed by atoms with Crippen molar-refractivity contribution in [3.63, 3.8) is 0 Å². The van der Waals surface area contributed by atoms with Crippen molar-refractivity contribution < 1.29 is 4.84 Å². The fourth-order valence-electron chi connectivity index (χ4n) is 2.64. The highest BCUT2D eigenvalue weighted by Crippen LogP contribution is 2.39. The number of oxime groups is 1. The molecule has 4 nitrogen and oxygen atoms in total. The van der Waals surface area contributed by atoms with Crippen molar-refractivity contribution in [2.75, 3.05) is 0 Å². The summed E-state index contributed by atoms with van der Waals surface area (Å²) >= 11 is 12.7. The number of hydrogen-bond donors (Lipinski definition) is 1. The molecule has 126 valence electrons. The molecule has 0 aliphatic carbocycles. The highest BCUT2D eigenvalue weighted by Gasteiger charge is 2.21. The number of fused-ring (bicyclic) bond motifs is 1. The van der Waals surface area contributed by atoms with Gasteiger partial charge >= 0.3 is 0 Å². The Balaban J connectivity index is 2.46. The fraction of sp³-hybridized carbons (Fsp3) is 0.0526. The minimum atomic E-state index is -0.346. The van der Waals surface area contributed by atoms with Crippen LogP contribution in [0.15, 0.2) is 59.0 Å². The van der Waals surface area contributed by atoms with E-state index in [-0.39, 0.29) is 16.9 Å². The molecule has 3 aromatic rings. The normalized spacial score (nSPS) is 11.2. The Morgan fingerprint density at radius 3 is 2.60 bits per heavy atom. The molecular formula is C19H14Cl2N2O2. The molecule has 0 radical (unpaired) electrons. The van der Waals surface area contributed by atoms with Gasteiger partial charge in [-0.1, -0.05) is 65.3 Å². The third kappa shape index (κ3) is 3.18. The van der Waals surface area contributed by atoms with Gasteiger partial charge in [0.25, 0.3) is 5.56 Å². The second-order valence-electron chi connectivity index (χ2n) is 5.23. The van der Waals surface area contributed by atoms with E-state index in [0.717, 1.165) is 5.56 Å². The minimum Gasteiger partial charge on any atom is -0.357 e. The summed E-state index contributed by atoms with van der Waals surface area (Å²) in [7, 11) is 0. The number of hydrogen-bond acceptors (Lipinski definition) is 3. The zero-order valence-corrected chi connectivity index (χ0v) is 14.9. The Morgan fingerprint density at radius 1 is 1.20 bits per heavy atom. The number of pyridine rings is 1. The SMILES string of the molecule is C=C(O/N=C/C)c1c(-c2ccccc2)c2c(Cl)c(Cl)ccc2[nH]c1=O. The van der Waals surface area contributed by atoms with Crippen molar-refractivity contribution in [2.24, 2.45) is 5.16 Å². The molecule has 0 aliphatic rings. The smallest absolute Gasteiger partial charge is 0.260 e. The average molecular weight is 373 g/mol. The zero-order valence-electron chi connectivity index (χ0n) is 13.3. The van der Waals surface area contributed by atoms with E-state index in [1.807, 2.05) is 30.3 Å². The van der Waals surface area contributed by atoms with Crippen molar-refractivity contribution >= 4 is 46.1 Å². The van der Waals surface area contributed by atoms with Crippen LogP contribution in [-0.2, 0) is 4.84 Å². The van der Waals surface area contributed by atoms with Crippen LogP contribution in [0, 0.1) is 0 Å². The van der Waals surface area contributed by atoms with Gasteiger partial charge in [-0.2, -0.15) is 0 Å². The van der Waals surface area contributed by atoms with Crippen LogP contribution >= 0.6 is 23.2 Å². The molecule has 0 saturated carbocycles. The second-order valence-corrected chi connectivity index (χ2v) is 6.02. The summed E-state index contributed by atoms with van der Waals surface area (Å²) in [5.74, 6) is 0.121. The number of rotatable bonds is 4. The molecule has 0 atom stereocenters. The summed E-state index contributed by atoms with van der Waals surface area (Å²) in [5, 5.41) is 5.07. The van der Waals surface area contributed by atoms with Gasteiger partial charge in [-0.15, -0.1) is 0 Å².